The molecular formula is C15H13N5O2. The smallest absolute Gasteiger partial charge is 0.212 e. The molecule has 1 aliphatic rings. The first-order chi connectivity index (χ1) is 10.6. The van der Waals surface area contributed by atoms with E-state index in [4.69, 9.17) is 5.73 Å². The molecule has 2 aromatic carbocycles. The number of benzene rings is 2. The number of hydrogen-bond acceptors (Lipinski definition) is 6. The zero-order valence-corrected chi connectivity index (χ0v) is 11.4. The topological polar surface area (TPSA) is 109 Å². The van der Waals surface area contributed by atoms with Crippen molar-refractivity contribution in [2.45, 2.75) is 6.17 Å². The molecule has 0 saturated carbocycles. The standard InChI is InChI=1S/C15H13N5O2/c16-14-18-13(8-5-6-11(21)12(22)7-8)20-10-4-2-1-3-9(10)17-15(20)19-14/h1-7,13,21-22H,(H3,16,17,18,19)/t13-/m1/s1. The van der Waals surface area contributed by atoms with E-state index in [2.05, 4.69) is 15.3 Å². The number of guanidine groups is 1. The fourth-order valence-corrected chi connectivity index (χ4v) is 2.64. The fourth-order valence-electron chi connectivity index (χ4n) is 2.64. The first-order valence-electron chi connectivity index (χ1n) is 6.72. The van der Waals surface area contributed by atoms with E-state index in [0.717, 1.165) is 11.0 Å². The number of nitrogens with zero attached hydrogens (tertiary/aromatic N) is 3. The molecule has 7 heteroatoms. The van der Waals surface area contributed by atoms with Crippen LogP contribution in [0.2, 0.25) is 0 Å². The molecule has 110 valence electrons. The van der Waals surface area contributed by atoms with Gasteiger partial charge in [-0.05, 0) is 24.3 Å². The van der Waals surface area contributed by atoms with Crippen LogP contribution in [0.5, 0.6) is 11.5 Å². The lowest BCUT2D eigenvalue weighted by atomic mass is 10.1. The first kappa shape index (κ1) is 12.5. The Kier molecular flexibility index (Phi) is 2.50. The van der Waals surface area contributed by atoms with Crippen LogP contribution in [0, 0.1) is 0 Å². The van der Waals surface area contributed by atoms with Crippen LogP contribution < -0.4 is 11.1 Å². The summed E-state index contributed by atoms with van der Waals surface area (Å²) >= 11 is 0. The van der Waals surface area contributed by atoms with Crippen molar-refractivity contribution in [1.82, 2.24) is 9.55 Å². The summed E-state index contributed by atoms with van der Waals surface area (Å²) in [6.07, 6.45) is -0.463. The molecular weight excluding hydrogens is 282 g/mol. The van der Waals surface area contributed by atoms with Crippen LogP contribution in [0.25, 0.3) is 11.0 Å². The van der Waals surface area contributed by atoms with Gasteiger partial charge in [-0.3, -0.25) is 9.88 Å². The van der Waals surface area contributed by atoms with Gasteiger partial charge in [0.1, 0.15) is 0 Å². The Bertz CT molecular complexity index is 915. The monoisotopic (exact) mass is 295 g/mol. The number of para-hydroxylation sites is 2. The minimum absolute atomic E-state index is 0.176. The van der Waals surface area contributed by atoms with Crippen LogP contribution in [-0.2, 0) is 0 Å². The lowest BCUT2D eigenvalue weighted by Crippen LogP contribution is -2.31. The maximum atomic E-state index is 9.74. The summed E-state index contributed by atoms with van der Waals surface area (Å²) in [7, 11) is 0. The van der Waals surface area contributed by atoms with Gasteiger partial charge in [-0.2, -0.15) is 0 Å². The molecule has 0 bridgehead atoms. The zero-order chi connectivity index (χ0) is 15.3. The van der Waals surface area contributed by atoms with Gasteiger partial charge in [0.15, 0.2) is 23.6 Å². The summed E-state index contributed by atoms with van der Waals surface area (Å²) < 4.78 is 1.90. The van der Waals surface area contributed by atoms with Crippen LogP contribution in [0.4, 0.5) is 5.95 Å². The lowest BCUT2D eigenvalue weighted by Gasteiger charge is -2.24. The number of rotatable bonds is 1. The Morgan fingerprint density at radius 1 is 1.09 bits per heavy atom. The minimum atomic E-state index is -0.463. The van der Waals surface area contributed by atoms with E-state index in [-0.39, 0.29) is 17.5 Å². The molecule has 0 saturated heterocycles. The number of imidazole rings is 1. The first-order valence-corrected chi connectivity index (χ1v) is 6.72. The number of nitrogens with two attached hydrogens (primary N) is 1. The van der Waals surface area contributed by atoms with Crippen molar-refractivity contribution in [2.24, 2.45) is 10.7 Å². The van der Waals surface area contributed by atoms with Crippen molar-refractivity contribution in [3.8, 4) is 11.5 Å². The van der Waals surface area contributed by atoms with Crippen molar-refractivity contribution in [1.29, 1.82) is 0 Å². The molecule has 4 rings (SSSR count). The number of hydrogen-bond donors (Lipinski definition) is 4. The molecule has 0 radical (unpaired) electrons. The van der Waals surface area contributed by atoms with Gasteiger partial charge in [0, 0.05) is 5.56 Å². The van der Waals surface area contributed by atoms with Crippen LogP contribution in [0.3, 0.4) is 0 Å². The van der Waals surface area contributed by atoms with E-state index in [1.165, 1.54) is 12.1 Å². The predicted octanol–water partition coefficient (Wildman–Crippen LogP) is 1.73. The summed E-state index contributed by atoms with van der Waals surface area (Å²) in [5.41, 5.74) is 8.26. The van der Waals surface area contributed by atoms with Crippen molar-refractivity contribution in [3.05, 3.63) is 48.0 Å². The molecule has 1 aliphatic heterocycles. The number of aliphatic imine (C=N–C) groups is 1. The highest BCUT2D eigenvalue weighted by Crippen LogP contribution is 2.35. The average Bonchev–Trinajstić information content (AvgIpc) is 2.87. The summed E-state index contributed by atoms with van der Waals surface area (Å²) in [6, 6.07) is 12.3. The number of phenolic OH excluding ortho intramolecular Hbond substituents is 2. The summed E-state index contributed by atoms with van der Waals surface area (Å²) in [4.78, 5) is 8.90. The van der Waals surface area contributed by atoms with Gasteiger partial charge < -0.3 is 15.9 Å². The molecule has 0 aliphatic carbocycles. The Hall–Kier alpha value is -3.22. The maximum Gasteiger partial charge on any atom is 0.212 e. The third-order valence-corrected chi connectivity index (χ3v) is 3.64. The second-order valence-electron chi connectivity index (χ2n) is 5.06. The number of anilines is 1. The molecule has 2 heterocycles. The van der Waals surface area contributed by atoms with Crippen LogP contribution in [0.15, 0.2) is 47.5 Å². The van der Waals surface area contributed by atoms with E-state index in [0.29, 0.717) is 11.5 Å². The lowest BCUT2D eigenvalue weighted by molar-refractivity contribution is 0.402. The molecule has 1 atom stereocenters. The van der Waals surface area contributed by atoms with E-state index in [9.17, 15) is 10.2 Å². The zero-order valence-electron chi connectivity index (χ0n) is 11.4. The molecule has 0 amide bonds. The maximum absolute atomic E-state index is 9.74. The van der Waals surface area contributed by atoms with Gasteiger partial charge in [0.2, 0.25) is 5.95 Å². The van der Waals surface area contributed by atoms with Gasteiger partial charge in [0.25, 0.3) is 0 Å². The van der Waals surface area contributed by atoms with E-state index in [1.54, 1.807) is 6.07 Å². The Morgan fingerprint density at radius 2 is 1.91 bits per heavy atom. The van der Waals surface area contributed by atoms with Gasteiger partial charge in [-0.15, -0.1) is 0 Å². The van der Waals surface area contributed by atoms with Crippen LogP contribution >= 0.6 is 0 Å². The highest BCUT2D eigenvalue weighted by atomic mass is 16.3. The van der Waals surface area contributed by atoms with Crippen molar-refractivity contribution >= 4 is 22.9 Å². The normalized spacial score (nSPS) is 16.9. The van der Waals surface area contributed by atoms with Gasteiger partial charge in [-0.25, -0.2) is 9.98 Å². The van der Waals surface area contributed by atoms with Crippen molar-refractivity contribution in [3.63, 3.8) is 0 Å². The Labute approximate surface area is 125 Å². The minimum Gasteiger partial charge on any atom is -0.504 e. The van der Waals surface area contributed by atoms with E-state index < -0.39 is 6.17 Å². The molecule has 22 heavy (non-hydrogen) atoms. The number of nitrogens with one attached hydrogen (secondary N) is 1. The van der Waals surface area contributed by atoms with Crippen molar-refractivity contribution < 1.29 is 10.2 Å². The molecule has 3 aromatic rings. The summed E-state index contributed by atoms with van der Waals surface area (Å²) in [5.74, 6) is 0.466. The van der Waals surface area contributed by atoms with E-state index in [1.807, 2.05) is 28.8 Å². The van der Waals surface area contributed by atoms with Gasteiger partial charge in [0.05, 0.1) is 11.0 Å². The molecule has 5 N–H and O–H groups in total. The average molecular weight is 295 g/mol. The third kappa shape index (κ3) is 1.76. The Morgan fingerprint density at radius 3 is 2.73 bits per heavy atom. The molecule has 0 spiro atoms. The van der Waals surface area contributed by atoms with Crippen LogP contribution in [0.1, 0.15) is 11.7 Å². The van der Waals surface area contributed by atoms with Gasteiger partial charge >= 0.3 is 0 Å². The quantitative estimate of drug-likeness (QED) is 0.511. The highest BCUT2D eigenvalue weighted by molar-refractivity contribution is 5.94. The third-order valence-electron chi connectivity index (χ3n) is 3.64. The number of phenols is 2. The second-order valence-corrected chi connectivity index (χ2v) is 5.06. The molecule has 0 unspecified atom stereocenters. The molecule has 1 aromatic heterocycles. The fraction of sp³-hybridized carbons (Fsp3) is 0.0667. The summed E-state index contributed by atoms with van der Waals surface area (Å²) in [5, 5.41) is 22.2. The van der Waals surface area contributed by atoms with E-state index >= 15 is 0 Å². The molecule has 7 nitrogen and oxygen atoms in total. The number of aromatic hydroxyl groups is 2. The number of fused-ring (bicyclic) bond motifs is 3. The van der Waals surface area contributed by atoms with Crippen LogP contribution in [-0.4, -0.2) is 25.7 Å². The largest absolute Gasteiger partial charge is 0.504 e. The van der Waals surface area contributed by atoms with Crippen molar-refractivity contribution in [2.75, 3.05) is 5.32 Å². The molecule has 0 fully saturated rings. The Balaban J connectivity index is 1.96. The summed E-state index contributed by atoms with van der Waals surface area (Å²) in [6.45, 7) is 0. The number of aromatic nitrogens is 2. The highest BCUT2D eigenvalue weighted by Gasteiger charge is 2.25. The van der Waals surface area contributed by atoms with Gasteiger partial charge in [-0.1, -0.05) is 18.2 Å². The second kappa shape index (κ2) is 4.39. The predicted molar refractivity (Wildman–Crippen MR) is 82.9 cm³/mol. The SMILES string of the molecule is NC1=N[C@@H](c2ccc(O)c(O)c2)n2c(nc3ccccc32)N1.